The number of hydrogen-bond donors (Lipinski definition) is 1. The maximum atomic E-state index is 12.6. The number of nitrogens with zero attached hydrogens (tertiary/aromatic N) is 2. The van der Waals surface area contributed by atoms with Gasteiger partial charge in [0.05, 0.1) is 23.3 Å². The number of nitro benzene ring substituents is 1. The van der Waals surface area contributed by atoms with Crippen LogP contribution in [0.3, 0.4) is 0 Å². The molecule has 0 saturated carbocycles. The second-order valence-corrected chi connectivity index (χ2v) is 6.54. The molecular weight excluding hydrogens is 366 g/mol. The van der Waals surface area contributed by atoms with E-state index >= 15 is 0 Å². The Balaban J connectivity index is 1.81. The van der Waals surface area contributed by atoms with Crippen LogP contribution in [0.25, 0.3) is 11.3 Å². The van der Waals surface area contributed by atoms with E-state index < -0.39 is 10.8 Å². The van der Waals surface area contributed by atoms with Crippen molar-refractivity contribution in [3.8, 4) is 17.0 Å². The van der Waals surface area contributed by atoms with Gasteiger partial charge in [0, 0.05) is 23.1 Å². The molecular formula is C19H17N3O4S. The number of anilines is 1. The highest BCUT2D eigenvalue weighted by molar-refractivity contribution is 7.14. The molecule has 0 aliphatic rings. The van der Waals surface area contributed by atoms with Crippen molar-refractivity contribution >= 4 is 28.1 Å². The van der Waals surface area contributed by atoms with Gasteiger partial charge in [-0.1, -0.05) is 31.2 Å². The number of aromatic nitrogens is 1. The van der Waals surface area contributed by atoms with Gasteiger partial charge in [-0.05, 0) is 18.1 Å². The quantitative estimate of drug-likeness (QED) is 0.498. The zero-order valence-corrected chi connectivity index (χ0v) is 15.6. The van der Waals surface area contributed by atoms with Crippen molar-refractivity contribution in [3.63, 3.8) is 0 Å². The minimum Gasteiger partial charge on any atom is -0.496 e. The number of carbonyl (C=O) groups is 1. The Morgan fingerprint density at radius 2 is 2.00 bits per heavy atom. The molecule has 0 bridgehead atoms. The summed E-state index contributed by atoms with van der Waals surface area (Å²) in [5, 5.41) is 15.9. The summed E-state index contributed by atoms with van der Waals surface area (Å²) in [6.45, 7) is 2.09. The summed E-state index contributed by atoms with van der Waals surface area (Å²) >= 11 is 1.28. The Kier molecular flexibility index (Phi) is 5.46. The molecule has 3 aromatic rings. The van der Waals surface area contributed by atoms with Crippen LogP contribution < -0.4 is 10.1 Å². The Labute approximate surface area is 159 Å². The lowest BCUT2D eigenvalue weighted by Crippen LogP contribution is -2.13. The lowest BCUT2D eigenvalue weighted by atomic mass is 10.1. The number of aryl methyl sites for hydroxylation is 1. The van der Waals surface area contributed by atoms with Crippen molar-refractivity contribution in [1.29, 1.82) is 0 Å². The number of methoxy groups -OCH3 is 1. The fraction of sp³-hybridized carbons (Fsp3) is 0.158. The van der Waals surface area contributed by atoms with Gasteiger partial charge in [0.25, 0.3) is 11.6 Å². The van der Waals surface area contributed by atoms with Gasteiger partial charge in [-0.2, -0.15) is 0 Å². The monoisotopic (exact) mass is 383 g/mol. The average Bonchev–Trinajstić information content (AvgIpc) is 3.15. The highest BCUT2D eigenvalue weighted by atomic mass is 32.1. The van der Waals surface area contributed by atoms with E-state index in [4.69, 9.17) is 4.74 Å². The molecule has 7 nitrogen and oxygen atoms in total. The molecule has 1 aromatic heterocycles. The highest BCUT2D eigenvalue weighted by Crippen LogP contribution is 2.28. The predicted octanol–water partition coefficient (Wildman–Crippen LogP) is 4.54. The van der Waals surface area contributed by atoms with Gasteiger partial charge in [0.1, 0.15) is 5.75 Å². The minimum atomic E-state index is -0.558. The van der Waals surface area contributed by atoms with Crippen LogP contribution in [0, 0.1) is 10.1 Å². The van der Waals surface area contributed by atoms with Crippen molar-refractivity contribution < 1.29 is 14.5 Å². The fourth-order valence-electron chi connectivity index (χ4n) is 2.53. The highest BCUT2D eigenvalue weighted by Gasteiger charge is 2.18. The number of ether oxygens (including phenoxy) is 1. The molecule has 0 unspecified atom stereocenters. The largest absolute Gasteiger partial charge is 0.496 e. The van der Waals surface area contributed by atoms with Crippen LogP contribution in [0.15, 0.2) is 47.8 Å². The normalized spacial score (nSPS) is 10.4. The summed E-state index contributed by atoms with van der Waals surface area (Å²) < 4.78 is 5.13. The Morgan fingerprint density at radius 3 is 2.63 bits per heavy atom. The molecule has 138 valence electrons. The lowest BCUT2D eigenvalue weighted by molar-refractivity contribution is -0.384. The number of carbonyl (C=O) groups excluding carboxylic acids is 1. The minimum absolute atomic E-state index is 0.0794. The van der Waals surface area contributed by atoms with Gasteiger partial charge >= 0.3 is 0 Å². The van der Waals surface area contributed by atoms with Crippen LogP contribution in [0.4, 0.5) is 10.8 Å². The van der Waals surface area contributed by atoms with Crippen molar-refractivity contribution in [1.82, 2.24) is 4.98 Å². The first-order chi connectivity index (χ1) is 13.0. The molecule has 0 aliphatic carbocycles. The maximum absolute atomic E-state index is 12.6. The first kappa shape index (κ1) is 18.5. The number of rotatable bonds is 6. The number of non-ortho nitro benzene ring substituents is 1. The number of nitro groups is 1. The molecule has 1 amide bonds. The van der Waals surface area contributed by atoms with E-state index in [0.717, 1.165) is 17.7 Å². The Bertz CT molecular complexity index is 983. The van der Waals surface area contributed by atoms with Crippen LogP contribution in [-0.2, 0) is 6.42 Å². The van der Waals surface area contributed by atoms with Gasteiger partial charge in [0.2, 0.25) is 0 Å². The Morgan fingerprint density at radius 1 is 1.26 bits per heavy atom. The SMILES string of the molecule is CCc1ccc(-c2csc(NC(=O)c3cc([N+](=O)[O-])ccc3OC)n2)cc1. The summed E-state index contributed by atoms with van der Waals surface area (Å²) in [5.41, 5.74) is 2.84. The molecule has 27 heavy (non-hydrogen) atoms. The van der Waals surface area contributed by atoms with Crippen LogP contribution in [0.5, 0.6) is 5.75 Å². The second-order valence-electron chi connectivity index (χ2n) is 5.68. The summed E-state index contributed by atoms with van der Waals surface area (Å²) in [5.74, 6) is -0.261. The fourth-order valence-corrected chi connectivity index (χ4v) is 3.24. The van der Waals surface area contributed by atoms with Crippen LogP contribution in [0.2, 0.25) is 0 Å². The van der Waals surface area contributed by atoms with Gasteiger partial charge < -0.3 is 4.74 Å². The van der Waals surface area contributed by atoms with Crippen LogP contribution in [0.1, 0.15) is 22.8 Å². The molecule has 1 heterocycles. The van der Waals surface area contributed by atoms with Gasteiger partial charge in [-0.15, -0.1) is 11.3 Å². The van der Waals surface area contributed by atoms with E-state index in [1.165, 1.54) is 42.2 Å². The summed E-state index contributed by atoms with van der Waals surface area (Å²) in [4.78, 5) is 27.4. The molecule has 0 spiro atoms. The third-order valence-corrected chi connectivity index (χ3v) is 4.78. The topological polar surface area (TPSA) is 94.4 Å². The summed E-state index contributed by atoms with van der Waals surface area (Å²) in [7, 11) is 1.40. The third-order valence-electron chi connectivity index (χ3n) is 4.02. The van der Waals surface area contributed by atoms with E-state index in [1.807, 2.05) is 29.6 Å². The zero-order chi connectivity index (χ0) is 19.4. The number of thiazole rings is 1. The molecule has 1 N–H and O–H groups in total. The zero-order valence-electron chi connectivity index (χ0n) is 14.8. The molecule has 0 saturated heterocycles. The molecule has 8 heteroatoms. The van der Waals surface area contributed by atoms with E-state index in [9.17, 15) is 14.9 Å². The molecule has 0 radical (unpaired) electrons. The van der Waals surface area contributed by atoms with Gasteiger partial charge in [-0.25, -0.2) is 4.98 Å². The molecule has 0 fully saturated rings. The number of hydrogen-bond acceptors (Lipinski definition) is 6. The first-order valence-electron chi connectivity index (χ1n) is 8.20. The number of nitrogens with one attached hydrogen (secondary N) is 1. The van der Waals surface area contributed by atoms with E-state index in [2.05, 4.69) is 17.2 Å². The molecule has 2 aromatic carbocycles. The summed E-state index contributed by atoms with van der Waals surface area (Å²) in [6, 6.07) is 11.9. The standard InChI is InChI=1S/C19H17N3O4S/c1-3-12-4-6-13(7-5-12)16-11-27-19(20-16)21-18(23)15-10-14(22(24)25)8-9-17(15)26-2/h4-11H,3H2,1-2H3,(H,20,21,23). The van der Waals surface area contributed by atoms with Crippen LogP contribution >= 0.6 is 11.3 Å². The van der Waals surface area contributed by atoms with Crippen molar-refractivity contribution in [2.45, 2.75) is 13.3 Å². The molecule has 0 atom stereocenters. The lowest BCUT2D eigenvalue weighted by Gasteiger charge is -2.07. The smallest absolute Gasteiger partial charge is 0.270 e. The molecule has 3 rings (SSSR count). The second kappa shape index (κ2) is 7.96. The first-order valence-corrected chi connectivity index (χ1v) is 9.08. The molecule has 0 aliphatic heterocycles. The average molecular weight is 383 g/mol. The van der Waals surface area contributed by atoms with Gasteiger partial charge in [-0.3, -0.25) is 20.2 Å². The Hall–Kier alpha value is -3.26. The number of benzene rings is 2. The van der Waals surface area contributed by atoms with E-state index in [1.54, 1.807) is 0 Å². The number of amides is 1. The third kappa shape index (κ3) is 4.12. The van der Waals surface area contributed by atoms with Gasteiger partial charge in [0.15, 0.2) is 5.13 Å². The maximum Gasteiger partial charge on any atom is 0.270 e. The van der Waals surface area contributed by atoms with Crippen molar-refractivity contribution in [2.75, 3.05) is 12.4 Å². The summed E-state index contributed by atoms with van der Waals surface area (Å²) in [6.07, 6.45) is 0.962. The van der Waals surface area contributed by atoms with Crippen molar-refractivity contribution in [3.05, 3.63) is 69.1 Å². The van der Waals surface area contributed by atoms with E-state index in [0.29, 0.717) is 5.13 Å². The van der Waals surface area contributed by atoms with E-state index in [-0.39, 0.29) is 17.0 Å². The van der Waals surface area contributed by atoms with Crippen molar-refractivity contribution in [2.24, 2.45) is 0 Å². The van der Waals surface area contributed by atoms with Crippen LogP contribution in [-0.4, -0.2) is 22.9 Å². The predicted molar refractivity (Wildman–Crippen MR) is 105 cm³/mol.